The molecule has 2 heterocycles. The Hall–Kier alpha value is -1.93. The van der Waals surface area contributed by atoms with Gasteiger partial charge >= 0.3 is 0 Å². The van der Waals surface area contributed by atoms with Gasteiger partial charge in [0.2, 0.25) is 22.3 Å². The summed E-state index contributed by atoms with van der Waals surface area (Å²) in [4.78, 5) is 26.9. The molecule has 0 radical (unpaired) electrons. The van der Waals surface area contributed by atoms with Gasteiger partial charge in [0.1, 0.15) is 0 Å². The Labute approximate surface area is 154 Å². The first-order valence-corrected chi connectivity index (χ1v) is 10.6. The Bertz CT molecular complexity index is 722. The van der Waals surface area contributed by atoms with E-state index in [-0.39, 0.29) is 17.6 Å². The zero-order chi connectivity index (χ0) is 18.6. The predicted octanol–water partition coefficient (Wildman–Crippen LogP) is 0.529. The van der Waals surface area contributed by atoms with E-state index >= 15 is 0 Å². The minimum atomic E-state index is -3.36. The van der Waals surface area contributed by atoms with Gasteiger partial charge in [-0.3, -0.25) is 9.59 Å². The molecule has 0 saturated carbocycles. The molecule has 2 aliphatic rings. The normalized spacial score (nSPS) is 20.2. The zero-order valence-electron chi connectivity index (χ0n) is 14.8. The number of carbonyl (C=O) groups is 2. The minimum Gasteiger partial charge on any atom is -0.342 e. The van der Waals surface area contributed by atoms with Gasteiger partial charge in [0.25, 0.3) is 0 Å². The summed E-state index contributed by atoms with van der Waals surface area (Å²) >= 11 is 0. The molecule has 8 heteroatoms. The molecular weight excluding hydrogens is 354 g/mol. The highest BCUT2D eigenvalue weighted by molar-refractivity contribution is 7.88. The van der Waals surface area contributed by atoms with Crippen molar-refractivity contribution in [2.75, 3.05) is 39.3 Å². The number of sulfonamides is 1. The molecule has 0 N–H and O–H groups in total. The van der Waals surface area contributed by atoms with Crippen LogP contribution in [-0.2, 0) is 25.4 Å². The van der Waals surface area contributed by atoms with Gasteiger partial charge in [-0.2, -0.15) is 0 Å². The number of carbonyl (C=O) groups excluding carboxylic acids is 2. The van der Waals surface area contributed by atoms with E-state index in [9.17, 15) is 18.0 Å². The van der Waals surface area contributed by atoms with E-state index in [0.717, 1.165) is 12.0 Å². The lowest BCUT2D eigenvalue weighted by molar-refractivity contribution is -0.140. The number of benzene rings is 1. The van der Waals surface area contributed by atoms with Crippen molar-refractivity contribution in [3.63, 3.8) is 0 Å². The summed E-state index contributed by atoms with van der Waals surface area (Å²) in [7, 11) is -3.36. The maximum absolute atomic E-state index is 12.6. The first kappa shape index (κ1) is 18.8. The van der Waals surface area contributed by atoms with E-state index in [1.54, 1.807) is 9.80 Å². The molecule has 7 nitrogen and oxygen atoms in total. The molecule has 26 heavy (non-hydrogen) atoms. The molecule has 2 amide bonds. The Morgan fingerprint density at radius 3 is 2.19 bits per heavy atom. The summed E-state index contributed by atoms with van der Waals surface area (Å²) in [5, 5.41) is 0. The van der Waals surface area contributed by atoms with Crippen molar-refractivity contribution in [3.05, 3.63) is 35.9 Å². The third-order valence-corrected chi connectivity index (χ3v) is 7.01. The Morgan fingerprint density at radius 1 is 1.00 bits per heavy atom. The van der Waals surface area contributed by atoms with Crippen LogP contribution in [0.15, 0.2) is 30.3 Å². The first-order chi connectivity index (χ1) is 12.5. The lowest BCUT2D eigenvalue weighted by Gasteiger charge is -2.37. The maximum Gasteiger partial charge on any atom is 0.225 e. The second kappa shape index (κ2) is 8.18. The van der Waals surface area contributed by atoms with Gasteiger partial charge in [-0.1, -0.05) is 30.3 Å². The lowest BCUT2D eigenvalue weighted by Crippen LogP contribution is -2.51. The molecule has 0 spiro atoms. The number of hydrogen-bond donors (Lipinski definition) is 0. The second-order valence-electron chi connectivity index (χ2n) is 6.88. The van der Waals surface area contributed by atoms with Gasteiger partial charge in [0.05, 0.1) is 5.75 Å². The van der Waals surface area contributed by atoms with Gasteiger partial charge in [0.15, 0.2) is 0 Å². The molecule has 2 fully saturated rings. The minimum absolute atomic E-state index is 0.000107. The van der Waals surface area contributed by atoms with Crippen molar-refractivity contribution in [1.82, 2.24) is 14.1 Å². The predicted molar refractivity (Wildman–Crippen MR) is 97.6 cm³/mol. The van der Waals surface area contributed by atoms with Crippen molar-refractivity contribution < 1.29 is 18.0 Å². The Morgan fingerprint density at radius 2 is 1.62 bits per heavy atom. The molecule has 0 unspecified atom stereocenters. The average molecular weight is 379 g/mol. The van der Waals surface area contributed by atoms with Crippen LogP contribution in [0.3, 0.4) is 0 Å². The van der Waals surface area contributed by atoms with Crippen LogP contribution in [0, 0.1) is 5.92 Å². The number of amides is 2. The Balaban J connectivity index is 1.52. The number of hydrogen-bond acceptors (Lipinski definition) is 4. The van der Waals surface area contributed by atoms with Crippen molar-refractivity contribution in [2.45, 2.75) is 18.6 Å². The largest absolute Gasteiger partial charge is 0.342 e. The molecule has 142 valence electrons. The standard InChI is InChI=1S/C18H25N3O4S/c22-15-19-10-12-20(13-11-19)18(23)17-6-8-21(9-7-17)26(24,25)14-16-4-2-1-3-5-16/h1-5,15,17H,6-14H2. The molecule has 0 aliphatic carbocycles. The summed E-state index contributed by atoms with van der Waals surface area (Å²) in [5.41, 5.74) is 0.777. The van der Waals surface area contributed by atoms with Crippen molar-refractivity contribution in [3.8, 4) is 0 Å². The van der Waals surface area contributed by atoms with Crippen LogP contribution >= 0.6 is 0 Å². The summed E-state index contributed by atoms with van der Waals surface area (Å²) < 4.78 is 26.7. The summed E-state index contributed by atoms with van der Waals surface area (Å²) in [5.74, 6) is -0.0308. The molecule has 3 rings (SSSR count). The monoisotopic (exact) mass is 379 g/mol. The molecule has 1 aromatic rings. The van der Waals surface area contributed by atoms with E-state index in [2.05, 4.69) is 0 Å². The highest BCUT2D eigenvalue weighted by Gasteiger charge is 2.33. The first-order valence-electron chi connectivity index (χ1n) is 8.99. The van der Waals surface area contributed by atoms with E-state index in [1.165, 1.54) is 4.31 Å². The van der Waals surface area contributed by atoms with Crippen LogP contribution in [0.5, 0.6) is 0 Å². The third-order valence-electron chi connectivity index (χ3n) is 5.16. The van der Waals surface area contributed by atoms with Crippen LogP contribution in [0.4, 0.5) is 0 Å². The number of rotatable bonds is 5. The number of nitrogens with zero attached hydrogens (tertiary/aromatic N) is 3. The van der Waals surface area contributed by atoms with E-state index in [1.807, 2.05) is 30.3 Å². The van der Waals surface area contributed by atoms with Crippen molar-refractivity contribution in [2.24, 2.45) is 5.92 Å². The Kier molecular flexibility index (Phi) is 5.93. The second-order valence-corrected chi connectivity index (χ2v) is 8.85. The molecule has 0 bridgehead atoms. The number of piperazine rings is 1. The van der Waals surface area contributed by atoms with Gasteiger partial charge < -0.3 is 9.80 Å². The van der Waals surface area contributed by atoms with Gasteiger partial charge in [-0.15, -0.1) is 0 Å². The molecule has 1 aromatic carbocycles. The van der Waals surface area contributed by atoms with Crippen LogP contribution in [0.1, 0.15) is 18.4 Å². The van der Waals surface area contributed by atoms with E-state index in [4.69, 9.17) is 0 Å². The molecule has 2 aliphatic heterocycles. The quantitative estimate of drug-likeness (QED) is 0.699. The van der Waals surface area contributed by atoms with Crippen LogP contribution < -0.4 is 0 Å². The molecular formula is C18H25N3O4S. The molecule has 0 atom stereocenters. The smallest absolute Gasteiger partial charge is 0.225 e. The summed E-state index contributed by atoms with van der Waals surface area (Å²) in [6.07, 6.45) is 1.93. The fraction of sp³-hybridized carbons (Fsp3) is 0.556. The van der Waals surface area contributed by atoms with Crippen molar-refractivity contribution >= 4 is 22.3 Å². The topological polar surface area (TPSA) is 78.0 Å². The highest BCUT2D eigenvalue weighted by Crippen LogP contribution is 2.23. The van der Waals surface area contributed by atoms with Crippen LogP contribution in [0.25, 0.3) is 0 Å². The zero-order valence-corrected chi connectivity index (χ0v) is 15.6. The maximum atomic E-state index is 12.6. The van der Waals surface area contributed by atoms with Crippen LogP contribution in [0.2, 0.25) is 0 Å². The lowest BCUT2D eigenvalue weighted by atomic mass is 9.96. The summed E-state index contributed by atoms with van der Waals surface area (Å²) in [6.45, 7) is 3.03. The highest BCUT2D eigenvalue weighted by atomic mass is 32.2. The number of piperidine rings is 1. The van der Waals surface area contributed by atoms with Crippen LogP contribution in [-0.4, -0.2) is 74.1 Å². The summed E-state index contributed by atoms with van der Waals surface area (Å²) in [6, 6.07) is 9.15. The third kappa shape index (κ3) is 4.42. The van der Waals surface area contributed by atoms with Gasteiger partial charge in [-0.25, -0.2) is 12.7 Å². The molecule has 0 aromatic heterocycles. The van der Waals surface area contributed by atoms with E-state index in [0.29, 0.717) is 52.1 Å². The van der Waals surface area contributed by atoms with Crippen molar-refractivity contribution in [1.29, 1.82) is 0 Å². The average Bonchev–Trinajstić information content (AvgIpc) is 2.68. The fourth-order valence-electron chi connectivity index (χ4n) is 3.56. The molecule has 2 saturated heterocycles. The SMILES string of the molecule is O=CN1CCN(C(=O)C2CCN(S(=O)(=O)Cc3ccccc3)CC2)CC1. The fourth-order valence-corrected chi connectivity index (χ4v) is 5.13. The van der Waals surface area contributed by atoms with E-state index < -0.39 is 10.0 Å². The van der Waals surface area contributed by atoms with Gasteiger partial charge in [0, 0.05) is 45.2 Å². The van der Waals surface area contributed by atoms with Gasteiger partial charge in [-0.05, 0) is 18.4 Å².